The lowest BCUT2D eigenvalue weighted by atomic mass is 10.1. The van der Waals surface area contributed by atoms with Crippen molar-refractivity contribution in [2.24, 2.45) is 0 Å². The van der Waals surface area contributed by atoms with Gasteiger partial charge in [-0.2, -0.15) is 0 Å². The standard InChI is InChI=1S/C13H13ClN2O2/c1-18-13-12(15-6-7-16-13)11(17)8-9-4-2-3-5-10(9)14/h2-7,11,17H,8H2,1H3. The molecule has 0 bridgehead atoms. The summed E-state index contributed by atoms with van der Waals surface area (Å²) in [5.74, 6) is 0.331. The summed E-state index contributed by atoms with van der Waals surface area (Å²) in [7, 11) is 1.50. The van der Waals surface area contributed by atoms with E-state index in [9.17, 15) is 5.11 Å². The first-order chi connectivity index (χ1) is 8.72. The van der Waals surface area contributed by atoms with E-state index in [1.165, 1.54) is 19.5 Å². The van der Waals surface area contributed by atoms with Crippen molar-refractivity contribution in [3.63, 3.8) is 0 Å². The number of nitrogens with zero attached hydrogens (tertiary/aromatic N) is 2. The number of aliphatic hydroxyl groups is 1. The van der Waals surface area contributed by atoms with Crippen LogP contribution in [0.25, 0.3) is 0 Å². The molecule has 94 valence electrons. The Balaban J connectivity index is 2.22. The number of benzene rings is 1. The van der Waals surface area contributed by atoms with Gasteiger partial charge in [-0.25, -0.2) is 4.98 Å². The van der Waals surface area contributed by atoms with E-state index in [0.29, 0.717) is 23.0 Å². The number of aliphatic hydroxyl groups excluding tert-OH is 1. The van der Waals surface area contributed by atoms with Gasteiger partial charge in [0.15, 0.2) is 0 Å². The van der Waals surface area contributed by atoms with E-state index in [-0.39, 0.29) is 0 Å². The van der Waals surface area contributed by atoms with E-state index in [0.717, 1.165) is 5.56 Å². The van der Waals surface area contributed by atoms with Crippen molar-refractivity contribution >= 4 is 11.6 Å². The molecule has 1 aromatic heterocycles. The van der Waals surface area contributed by atoms with E-state index in [1.807, 2.05) is 18.2 Å². The molecule has 0 saturated heterocycles. The number of halogens is 1. The second-order valence-electron chi connectivity index (χ2n) is 3.76. The molecule has 18 heavy (non-hydrogen) atoms. The summed E-state index contributed by atoms with van der Waals surface area (Å²) in [6.07, 6.45) is 2.61. The summed E-state index contributed by atoms with van der Waals surface area (Å²) in [6.45, 7) is 0. The fraction of sp³-hybridized carbons (Fsp3) is 0.231. The molecule has 0 amide bonds. The van der Waals surface area contributed by atoms with Crippen LogP contribution in [0.5, 0.6) is 5.88 Å². The highest BCUT2D eigenvalue weighted by atomic mass is 35.5. The number of ether oxygens (including phenoxy) is 1. The Morgan fingerprint density at radius 2 is 2.00 bits per heavy atom. The molecule has 5 heteroatoms. The van der Waals surface area contributed by atoms with Crippen LogP contribution in [0.1, 0.15) is 17.4 Å². The van der Waals surface area contributed by atoms with Crippen LogP contribution >= 0.6 is 11.6 Å². The Kier molecular flexibility index (Phi) is 4.12. The third-order valence-corrected chi connectivity index (χ3v) is 2.94. The molecule has 1 aromatic carbocycles. The lowest BCUT2D eigenvalue weighted by Gasteiger charge is -2.13. The molecule has 1 N–H and O–H groups in total. The van der Waals surface area contributed by atoms with Crippen LogP contribution < -0.4 is 4.74 Å². The van der Waals surface area contributed by atoms with Crippen molar-refractivity contribution in [2.45, 2.75) is 12.5 Å². The molecule has 1 unspecified atom stereocenters. The predicted octanol–water partition coefficient (Wildman–Crippen LogP) is 2.41. The van der Waals surface area contributed by atoms with Gasteiger partial charge in [0, 0.05) is 23.8 Å². The lowest BCUT2D eigenvalue weighted by molar-refractivity contribution is 0.167. The molecule has 0 saturated carbocycles. The topological polar surface area (TPSA) is 55.2 Å². The molecule has 0 aliphatic rings. The second kappa shape index (κ2) is 5.80. The monoisotopic (exact) mass is 264 g/mol. The van der Waals surface area contributed by atoms with E-state index in [2.05, 4.69) is 9.97 Å². The van der Waals surface area contributed by atoms with Crippen LogP contribution in [0.4, 0.5) is 0 Å². The van der Waals surface area contributed by atoms with Gasteiger partial charge in [0.25, 0.3) is 0 Å². The van der Waals surface area contributed by atoms with Crippen LogP contribution in [0.15, 0.2) is 36.7 Å². The number of aromatic nitrogens is 2. The van der Waals surface area contributed by atoms with Gasteiger partial charge in [-0.3, -0.25) is 4.98 Å². The van der Waals surface area contributed by atoms with Crippen LogP contribution in [0, 0.1) is 0 Å². The normalized spacial score (nSPS) is 12.2. The summed E-state index contributed by atoms with van der Waals surface area (Å²) in [5.41, 5.74) is 1.28. The van der Waals surface area contributed by atoms with Crippen molar-refractivity contribution in [3.05, 3.63) is 52.9 Å². The Bertz CT molecular complexity index is 534. The van der Waals surface area contributed by atoms with Gasteiger partial charge in [-0.15, -0.1) is 0 Å². The zero-order chi connectivity index (χ0) is 13.0. The van der Waals surface area contributed by atoms with Crippen LogP contribution in [-0.2, 0) is 6.42 Å². The van der Waals surface area contributed by atoms with E-state index in [4.69, 9.17) is 16.3 Å². The summed E-state index contributed by atoms with van der Waals surface area (Å²) in [5, 5.41) is 10.8. The molecule has 1 heterocycles. The minimum absolute atomic E-state index is 0.331. The van der Waals surface area contributed by atoms with Gasteiger partial charge in [0.05, 0.1) is 7.11 Å². The zero-order valence-electron chi connectivity index (χ0n) is 9.88. The third kappa shape index (κ3) is 2.78. The number of rotatable bonds is 4. The smallest absolute Gasteiger partial charge is 0.238 e. The fourth-order valence-electron chi connectivity index (χ4n) is 1.69. The van der Waals surface area contributed by atoms with E-state index < -0.39 is 6.10 Å². The molecular formula is C13H13ClN2O2. The van der Waals surface area contributed by atoms with Crippen LogP contribution in [0.2, 0.25) is 5.02 Å². The predicted molar refractivity (Wildman–Crippen MR) is 68.7 cm³/mol. The molecule has 1 atom stereocenters. The van der Waals surface area contributed by atoms with E-state index in [1.54, 1.807) is 6.07 Å². The van der Waals surface area contributed by atoms with Gasteiger partial charge in [0.2, 0.25) is 5.88 Å². The third-order valence-electron chi connectivity index (χ3n) is 2.57. The summed E-state index contributed by atoms with van der Waals surface area (Å²) in [4.78, 5) is 8.10. The Hall–Kier alpha value is -1.65. The molecule has 4 nitrogen and oxygen atoms in total. The van der Waals surface area contributed by atoms with Crippen molar-refractivity contribution in [2.75, 3.05) is 7.11 Å². The molecule has 0 aliphatic carbocycles. The average Bonchev–Trinajstić information content (AvgIpc) is 2.41. The first kappa shape index (κ1) is 12.8. The van der Waals surface area contributed by atoms with Gasteiger partial charge in [-0.1, -0.05) is 29.8 Å². The lowest BCUT2D eigenvalue weighted by Crippen LogP contribution is -2.07. The van der Waals surface area contributed by atoms with Crippen LogP contribution in [0.3, 0.4) is 0 Å². The molecular weight excluding hydrogens is 252 g/mol. The molecule has 0 aliphatic heterocycles. The van der Waals surface area contributed by atoms with Crippen molar-refractivity contribution in [1.29, 1.82) is 0 Å². The average molecular weight is 265 g/mol. The summed E-state index contributed by atoms with van der Waals surface area (Å²) < 4.78 is 5.07. The van der Waals surface area contributed by atoms with Gasteiger partial charge < -0.3 is 9.84 Å². The highest BCUT2D eigenvalue weighted by molar-refractivity contribution is 6.31. The second-order valence-corrected chi connectivity index (χ2v) is 4.17. The largest absolute Gasteiger partial charge is 0.480 e. The highest BCUT2D eigenvalue weighted by Crippen LogP contribution is 2.26. The first-order valence-corrected chi connectivity index (χ1v) is 5.86. The zero-order valence-corrected chi connectivity index (χ0v) is 10.6. The molecule has 0 fully saturated rings. The van der Waals surface area contributed by atoms with E-state index >= 15 is 0 Å². The van der Waals surface area contributed by atoms with Crippen molar-refractivity contribution in [1.82, 2.24) is 9.97 Å². The Labute approximate surface area is 110 Å². The van der Waals surface area contributed by atoms with Crippen LogP contribution in [-0.4, -0.2) is 22.2 Å². The maximum absolute atomic E-state index is 10.2. The first-order valence-electron chi connectivity index (χ1n) is 5.48. The molecule has 0 spiro atoms. The maximum atomic E-state index is 10.2. The van der Waals surface area contributed by atoms with Gasteiger partial charge in [0.1, 0.15) is 11.8 Å². The quantitative estimate of drug-likeness (QED) is 0.921. The summed E-state index contributed by atoms with van der Waals surface area (Å²) in [6, 6.07) is 7.38. The SMILES string of the molecule is COc1nccnc1C(O)Cc1ccccc1Cl. The Morgan fingerprint density at radius 3 is 2.72 bits per heavy atom. The van der Waals surface area contributed by atoms with Crippen molar-refractivity contribution in [3.8, 4) is 5.88 Å². The fourth-order valence-corrected chi connectivity index (χ4v) is 1.90. The molecule has 2 rings (SSSR count). The molecule has 0 radical (unpaired) electrons. The van der Waals surface area contributed by atoms with Crippen molar-refractivity contribution < 1.29 is 9.84 Å². The van der Waals surface area contributed by atoms with Gasteiger partial charge in [-0.05, 0) is 11.6 Å². The maximum Gasteiger partial charge on any atom is 0.238 e. The minimum atomic E-state index is -0.798. The number of hydrogen-bond acceptors (Lipinski definition) is 4. The minimum Gasteiger partial charge on any atom is -0.480 e. The highest BCUT2D eigenvalue weighted by Gasteiger charge is 2.17. The number of hydrogen-bond donors (Lipinski definition) is 1. The molecule has 2 aromatic rings. The Morgan fingerprint density at radius 1 is 1.28 bits per heavy atom. The summed E-state index contributed by atoms with van der Waals surface area (Å²) >= 11 is 6.05. The van der Waals surface area contributed by atoms with Gasteiger partial charge >= 0.3 is 0 Å². The number of methoxy groups -OCH3 is 1.